The molecular formula is C23H25N3O8S. The van der Waals surface area contributed by atoms with Crippen molar-refractivity contribution in [1.82, 2.24) is 9.97 Å². The Morgan fingerprint density at radius 3 is 2.34 bits per heavy atom. The summed E-state index contributed by atoms with van der Waals surface area (Å²) >= 11 is 0. The summed E-state index contributed by atoms with van der Waals surface area (Å²) in [6, 6.07) is 12.5. The number of hydrogen-bond donors (Lipinski definition) is 1. The molecule has 0 radical (unpaired) electrons. The van der Waals surface area contributed by atoms with Crippen LogP contribution in [0.2, 0.25) is 0 Å². The molecule has 3 rings (SSSR count). The van der Waals surface area contributed by atoms with Crippen molar-refractivity contribution in [2.75, 3.05) is 25.5 Å². The smallest absolute Gasteiger partial charge is 0.302 e. The highest BCUT2D eigenvalue weighted by Gasteiger charge is 2.23. The fourth-order valence-corrected chi connectivity index (χ4v) is 3.80. The van der Waals surface area contributed by atoms with Crippen molar-refractivity contribution in [1.29, 1.82) is 0 Å². The summed E-state index contributed by atoms with van der Waals surface area (Å²) < 4.78 is 55.5. The molecule has 0 saturated carbocycles. The molecule has 186 valence electrons. The van der Waals surface area contributed by atoms with E-state index in [2.05, 4.69) is 14.7 Å². The number of ether oxygens (including phenoxy) is 5. The van der Waals surface area contributed by atoms with E-state index in [1.54, 1.807) is 31.2 Å². The highest BCUT2D eigenvalue weighted by Crippen LogP contribution is 2.38. The van der Waals surface area contributed by atoms with Gasteiger partial charge in [-0.2, -0.15) is 4.98 Å². The number of aromatic nitrogens is 2. The predicted molar refractivity (Wildman–Crippen MR) is 126 cm³/mol. The second kappa shape index (κ2) is 11.4. The number of benzene rings is 2. The molecule has 11 nitrogen and oxygen atoms in total. The topological polar surface area (TPSA) is 135 Å². The van der Waals surface area contributed by atoms with E-state index in [4.69, 9.17) is 23.7 Å². The number of carbonyl (C=O) groups is 1. The molecular weight excluding hydrogens is 478 g/mol. The van der Waals surface area contributed by atoms with E-state index in [0.29, 0.717) is 17.2 Å². The van der Waals surface area contributed by atoms with Crippen molar-refractivity contribution in [3.63, 3.8) is 0 Å². The first-order valence-corrected chi connectivity index (χ1v) is 11.8. The van der Waals surface area contributed by atoms with Gasteiger partial charge >= 0.3 is 5.97 Å². The van der Waals surface area contributed by atoms with E-state index in [-0.39, 0.29) is 28.9 Å². The number of anilines is 1. The van der Waals surface area contributed by atoms with Gasteiger partial charge in [0.2, 0.25) is 5.75 Å². The first kappa shape index (κ1) is 25.6. The van der Waals surface area contributed by atoms with Crippen molar-refractivity contribution < 1.29 is 36.9 Å². The van der Waals surface area contributed by atoms with Gasteiger partial charge in [0, 0.05) is 13.0 Å². The third-order valence-electron chi connectivity index (χ3n) is 4.47. The molecule has 1 atom stereocenters. The van der Waals surface area contributed by atoms with E-state index in [0.717, 1.165) is 6.33 Å². The summed E-state index contributed by atoms with van der Waals surface area (Å²) in [5.41, 5.74) is 0. The summed E-state index contributed by atoms with van der Waals surface area (Å²) in [4.78, 5) is 19.3. The van der Waals surface area contributed by atoms with Crippen LogP contribution in [0.1, 0.15) is 13.8 Å². The average Bonchev–Trinajstić information content (AvgIpc) is 2.84. The van der Waals surface area contributed by atoms with Crippen LogP contribution in [0.5, 0.6) is 28.9 Å². The zero-order chi connectivity index (χ0) is 25.4. The van der Waals surface area contributed by atoms with Gasteiger partial charge in [0.15, 0.2) is 5.82 Å². The Labute approximate surface area is 203 Å². The molecule has 1 unspecified atom stereocenters. The third-order valence-corrected chi connectivity index (χ3v) is 5.82. The zero-order valence-corrected chi connectivity index (χ0v) is 20.4. The summed E-state index contributed by atoms with van der Waals surface area (Å²) in [5.74, 6) is 0.567. The predicted octanol–water partition coefficient (Wildman–Crippen LogP) is 3.42. The Kier molecular flexibility index (Phi) is 8.31. The number of rotatable bonds is 11. The maximum absolute atomic E-state index is 13.0. The molecule has 0 saturated heterocycles. The maximum Gasteiger partial charge on any atom is 0.302 e. The Bertz CT molecular complexity index is 1270. The lowest BCUT2D eigenvalue weighted by Crippen LogP contribution is -2.22. The molecule has 0 spiro atoms. The summed E-state index contributed by atoms with van der Waals surface area (Å²) in [5, 5.41) is 0. The van der Waals surface area contributed by atoms with Crippen LogP contribution in [0.4, 0.5) is 5.82 Å². The molecule has 12 heteroatoms. The van der Waals surface area contributed by atoms with Gasteiger partial charge in [-0.25, -0.2) is 13.4 Å². The van der Waals surface area contributed by atoms with E-state index in [9.17, 15) is 13.2 Å². The molecule has 1 heterocycles. The van der Waals surface area contributed by atoms with Gasteiger partial charge in [-0.3, -0.25) is 9.52 Å². The Morgan fingerprint density at radius 1 is 1.00 bits per heavy atom. The number of nitrogens with one attached hydrogen (secondary N) is 1. The van der Waals surface area contributed by atoms with Gasteiger partial charge in [-0.15, -0.1) is 0 Å². The molecule has 1 aromatic heterocycles. The van der Waals surface area contributed by atoms with Gasteiger partial charge in [-0.1, -0.05) is 6.07 Å². The number of nitrogens with zero attached hydrogens (tertiary/aromatic N) is 2. The third kappa shape index (κ3) is 6.96. The van der Waals surface area contributed by atoms with Crippen LogP contribution in [0.15, 0.2) is 59.8 Å². The molecule has 0 aliphatic rings. The lowest BCUT2D eigenvalue weighted by atomic mass is 10.3. The average molecular weight is 504 g/mol. The van der Waals surface area contributed by atoms with Crippen LogP contribution >= 0.6 is 0 Å². The van der Waals surface area contributed by atoms with Crippen LogP contribution < -0.4 is 23.7 Å². The summed E-state index contributed by atoms with van der Waals surface area (Å²) in [6.45, 7) is 2.88. The molecule has 35 heavy (non-hydrogen) atoms. The lowest BCUT2D eigenvalue weighted by Gasteiger charge is -2.18. The van der Waals surface area contributed by atoms with Crippen molar-refractivity contribution in [2.24, 2.45) is 0 Å². The SMILES string of the molecule is COc1ccc(S(=O)(=O)Nc2ncnc(OC(C)COC(C)=O)c2Oc2cccc(OC)c2)cc1. The second-order valence-corrected chi connectivity index (χ2v) is 8.83. The van der Waals surface area contributed by atoms with Gasteiger partial charge in [0.25, 0.3) is 15.9 Å². The molecule has 2 aromatic carbocycles. The van der Waals surface area contributed by atoms with Crippen LogP contribution in [-0.2, 0) is 19.6 Å². The van der Waals surface area contributed by atoms with Crippen molar-refractivity contribution >= 4 is 21.8 Å². The van der Waals surface area contributed by atoms with Gasteiger partial charge < -0.3 is 23.7 Å². The van der Waals surface area contributed by atoms with Crippen molar-refractivity contribution in [3.8, 4) is 28.9 Å². The molecule has 0 fully saturated rings. The highest BCUT2D eigenvalue weighted by molar-refractivity contribution is 7.92. The van der Waals surface area contributed by atoms with Gasteiger partial charge in [0.1, 0.15) is 36.3 Å². The van der Waals surface area contributed by atoms with E-state index in [1.807, 2.05) is 0 Å². The Morgan fingerprint density at radius 2 is 1.69 bits per heavy atom. The fraction of sp³-hybridized carbons (Fsp3) is 0.261. The van der Waals surface area contributed by atoms with Crippen LogP contribution in [0.3, 0.4) is 0 Å². The number of carbonyl (C=O) groups excluding carboxylic acids is 1. The number of methoxy groups -OCH3 is 2. The lowest BCUT2D eigenvalue weighted by molar-refractivity contribution is -0.143. The Balaban J connectivity index is 1.97. The van der Waals surface area contributed by atoms with Gasteiger partial charge in [0.05, 0.1) is 19.1 Å². The minimum atomic E-state index is -4.06. The molecule has 0 bridgehead atoms. The minimum absolute atomic E-state index is 0.0186. The van der Waals surface area contributed by atoms with Crippen molar-refractivity contribution in [3.05, 3.63) is 54.9 Å². The molecule has 0 aliphatic carbocycles. The maximum atomic E-state index is 13.0. The van der Waals surface area contributed by atoms with Gasteiger partial charge in [-0.05, 0) is 43.3 Å². The normalized spacial score (nSPS) is 11.8. The zero-order valence-electron chi connectivity index (χ0n) is 19.5. The molecule has 0 amide bonds. The summed E-state index contributed by atoms with van der Waals surface area (Å²) in [6.07, 6.45) is 0.505. The van der Waals surface area contributed by atoms with Crippen LogP contribution in [0.25, 0.3) is 0 Å². The Hall–Kier alpha value is -4.06. The van der Waals surface area contributed by atoms with E-state index >= 15 is 0 Å². The number of hydrogen-bond acceptors (Lipinski definition) is 10. The summed E-state index contributed by atoms with van der Waals surface area (Å²) in [7, 11) is -1.07. The standard InChI is InChI=1S/C23H25N3O8S/c1-15(13-32-16(2)27)33-23-21(34-19-7-5-6-18(12-19)31-4)22(24-14-25-23)26-35(28,29)20-10-8-17(30-3)9-11-20/h5-12,14-15H,13H2,1-4H3,(H,24,25,26). The molecule has 3 aromatic rings. The highest BCUT2D eigenvalue weighted by atomic mass is 32.2. The van der Waals surface area contributed by atoms with Crippen molar-refractivity contribution in [2.45, 2.75) is 24.8 Å². The monoisotopic (exact) mass is 503 g/mol. The quantitative estimate of drug-likeness (QED) is 0.388. The van der Waals surface area contributed by atoms with E-state index in [1.165, 1.54) is 45.4 Å². The molecule has 1 N–H and O–H groups in total. The first-order chi connectivity index (χ1) is 16.7. The fourth-order valence-electron chi connectivity index (χ4n) is 2.79. The van der Waals surface area contributed by atoms with E-state index < -0.39 is 22.1 Å². The number of esters is 1. The second-order valence-electron chi connectivity index (χ2n) is 7.15. The van der Waals surface area contributed by atoms with Crippen LogP contribution in [0, 0.1) is 0 Å². The van der Waals surface area contributed by atoms with Crippen LogP contribution in [-0.4, -0.2) is 51.3 Å². The largest absolute Gasteiger partial charge is 0.497 e. The number of sulfonamides is 1. The minimum Gasteiger partial charge on any atom is -0.497 e. The first-order valence-electron chi connectivity index (χ1n) is 10.4. The molecule has 0 aliphatic heterocycles.